The Kier molecular flexibility index (Phi) is 2.93. The Morgan fingerprint density at radius 3 is 2.93 bits per heavy atom. The van der Waals surface area contributed by atoms with Crippen LogP contribution in [-0.2, 0) is 0 Å². The number of fused-ring (bicyclic) bond motifs is 1. The molecule has 1 unspecified atom stereocenters. The quantitative estimate of drug-likeness (QED) is 0.545. The summed E-state index contributed by atoms with van der Waals surface area (Å²) in [5, 5.41) is 0. The Morgan fingerprint density at radius 1 is 1.40 bits per heavy atom. The highest BCUT2D eigenvalue weighted by Gasteiger charge is 2.20. The van der Waals surface area contributed by atoms with Crippen LogP contribution in [-0.4, -0.2) is 6.61 Å². The van der Waals surface area contributed by atoms with Crippen molar-refractivity contribution in [2.75, 3.05) is 6.61 Å². The van der Waals surface area contributed by atoms with Crippen LogP contribution in [0.5, 0.6) is 5.75 Å². The standard InChI is InChI=1S/C12H18N2O/c1-8-6-9(2)12-10(7-8)11(14-13)4-3-5-15-12/h6-7,11,14H,3-5,13H2,1-2H3. The number of aryl methyl sites for hydroxylation is 2. The largest absolute Gasteiger partial charge is 0.493 e. The van der Waals surface area contributed by atoms with E-state index in [-0.39, 0.29) is 6.04 Å². The number of rotatable bonds is 1. The van der Waals surface area contributed by atoms with Crippen LogP contribution in [0.1, 0.15) is 35.6 Å². The van der Waals surface area contributed by atoms with Crippen molar-refractivity contribution >= 4 is 0 Å². The average molecular weight is 206 g/mol. The zero-order valence-electron chi connectivity index (χ0n) is 9.34. The molecule has 0 radical (unpaired) electrons. The maximum atomic E-state index is 5.77. The number of nitrogens with one attached hydrogen (secondary N) is 1. The number of benzene rings is 1. The van der Waals surface area contributed by atoms with Crippen LogP contribution in [0.3, 0.4) is 0 Å². The molecule has 0 fully saturated rings. The van der Waals surface area contributed by atoms with Gasteiger partial charge in [-0.25, -0.2) is 0 Å². The molecule has 1 aromatic rings. The molecule has 0 aromatic heterocycles. The number of ether oxygens (including phenoxy) is 1. The van der Waals surface area contributed by atoms with E-state index in [1.807, 2.05) is 0 Å². The lowest BCUT2D eigenvalue weighted by atomic mass is 9.98. The molecule has 0 amide bonds. The maximum absolute atomic E-state index is 5.77. The van der Waals surface area contributed by atoms with Crippen LogP contribution in [0.4, 0.5) is 0 Å². The lowest BCUT2D eigenvalue weighted by molar-refractivity contribution is 0.313. The number of hydrazine groups is 1. The predicted molar refractivity (Wildman–Crippen MR) is 60.7 cm³/mol. The summed E-state index contributed by atoms with van der Waals surface area (Å²) < 4.78 is 5.77. The van der Waals surface area contributed by atoms with Crippen molar-refractivity contribution in [1.82, 2.24) is 5.43 Å². The first-order chi connectivity index (χ1) is 7.22. The molecule has 1 aliphatic heterocycles. The van der Waals surface area contributed by atoms with Gasteiger partial charge < -0.3 is 4.74 Å². The molecule has 0 saturated heterocycles. The van der Waals surface area contributed by atoms with E-state index in [4.69, 9.17) is 10.6 Å². The van der Waals surface area contributed by atoms with Gasteiger partial charge in [-0.1, -0.05) is 17.7 Å². The second kappa shape index (κ2) is 4.21. The fraction of sp³-hybridized carbons (Fsp3) is 0.500. The van der Waals surface area contributed by atoms with Gasteiger partial charge in [-0.05, 0) is 32.3 Å². The van der Waals surface area contributed by atoms with Crippen LogP contribution in [0.2, 0.25) is 0 Å². The highest BCUT2D eigenvalue weighted by molar-refractivity contribution is 5.45. The Bertz CT molecular complexity index is 363. The molecule has 1 atom stereocenters. The minimum atomic E-state index is 0.223. The van der Waals surface area contributed by atoms with E-state index in [1.165, 1.54) is 16.7 Å². The van der Waals surface area contributed by atoms with Crippen LogP contribution < -0.4 is 16.0 Å². The highest BCUT2D eigenvalue weighted by Crippen LogP contribution is 2.34. The molecule has 0 spiro atoms. The first-order valence-corrected chi connectivity index (χ1v) is 5.42. The minimum Gasteiger partial charge on any atom is -0.493 e. The van der Waals surface area contributed by atoms with Crippen LogP contribution >= 0.6 is 0 Å². The number of hydrogen-bond donors (Lipinski definition) is 2. The summed E-state index contributed by atoms with van der Waals surface area (Å²) in [4.78, 5) is 0. The summed E-state index contributed by atoms with van der Waals surface area (Å²) >= 11 is 0. The van der Waals surface area contributed by atoms with Gasteiger partial charge in [0, 0.05) is 11.6 Å². The third-order valence-corrected chi connectivity index (χ3v) is 2.91. The normalized spacial score (nSPS) is 20.3. The Hall–Kier alpha value is -1.06. The first kappa shape index (κ1) is 10.5. The fourth-order valence-corrected chi connectivity index (χ4v) is 2.23. The van der Waals surface area contributed by atoms with E-state index in [2.05, 4.69) is 31.4 Å². The van der Waals surface area contributed by atoms with Crippen LogP contribution in [0.25, 0.3) is 0 Å². The molecule has 1 aliphatic rings. The van der Waals surface area contributed by atoms with Crippen molar-refractivity contribution in [3.05, 3.63) is 28.8 Å². The van der Waals surface area contributed by atoms with Crippen LogP contribution in [0.15, 0.2) is 12.1 Å². The van der Waals surface area contributed by atoms with Crippen molar-refractivity contribution in [3.63, 3.8) is 0 Å². The molecule has 0 aliphatic carbocycles. The Labute approximate surface area is 90.6 Å². The summed E-state index contributed by atoms with van der Waals surface area (Å²) in [6.07, 6.45) is 2.08. The van der Waals surface area contributed by atoms with Crippen molar-refractivity contribution in [2.45, 2.75) is 32.7 Å². The van der Waals surface area contributed by atoms with Gasteiger partial charge in [0.25, 0.3) is 0 Å². The summed E-state index contributed by atoms with van der Waals surface area (Å²) in [5.41, 5.74) is 6.54. The molecule has 0 bridgehead atoms. The zero-order chi connectivity index (χ0) is 10.8. The lowest BCUT2D eigenvalue weighted by Crippen LogP contribution is -2.27. The molecule has 1 aromatic carbocycles. The zero-order valence-corrected chi connectivity index (χ0v) is 9.34. The summed E-state index contributed by atoms with van der Waals surface area (Å²) in [5.74, 6) is 6.60. The van der Waals surface area contributed by atoms with Gasteiger partial charge in [0.1, 0.15) is 5.75 Å². The molecule has 2 rings (SSSR count). The van der Waals surface area contributed by atoms with E-state index in [1.54, 1.807) is 0 Å². The van der Waals surface area contributed by atoms with Gasteiger partial charge in [-0.3, -0.25) is 11.3 Å². The number of nitrogens with two attached hydrogens (primary N) is 1. The molecule has 1 heterocycles. The maximum Gasteiger partial charge on any atom is 0.127 e. The topological polar surface area (TPSA) is 47.3 Å². The summed E-state index contributed by atoms with van der Waals surface area (Å²) in [6, 6.07) is 4.54. The predicted octanol–water partition coefficient (Wildman–Crippen LogP) is 1.98. The summed E-state index contributed by atoms with van der Waals surface area (Å²) in [6.45, 7) is 4.98. The Balaban J connectivity index is 2.50. The van der Waals surface area contributed by atoms with Gasteiger partial charge in [0.05, 0.1) is 6.61 Å². The molecular weight excluding hydrogens is 188 g/mol. The van der Waals surface area contributed by atoms with E-state index in [9.17, 15) is 0 Å². The Morgan fingerprint density at radius 2 is 2.20 bits per heavy atom. The number of hydrogen-bond acceptors (Lipinski definition) is 3. The molecule has 15 heavy (non-hydrogen) atoms. The molecular formula is C12H18N2O. The average Bonchev–Trinajstić information content (AvgIpc) is 2.39. The molecule has 0 saturated carbocycles. The summed E-state index contributed by atoms with van der Waals surface area (Å²) in [7, 11) is 0. The second-order valence-electron chi connectivity index (χ2n) is 4.21. The van der Waals surface area contributed by atoms with E-state index < -0.39 is 0 Å². The lowest BCUT2D eigenvalue weighted by Gasteiger charge is -2.17. The van der Waals surface area contributed by atoms with Gasteiger partial charge in [0.2, 0.25) is 0 Å². The van der Waals surface area contributed by atoms with E-state index >= 15 is 0 Å². The van der Waals surface area contributed by atoms with Gasteiger partial charge >= 0.3 is 0 Å². The van der Waals surface area contributed by atoms with Crippen molar-refractivity contribution in [3.8, 4) is 5.75 Å². The molecule has 82 valence electrons. The van der Waals surface area contributed by atoms with Gasteiger partial charge in [-0.15, -0.1) is 0 Å². The third kappa shape index (κ3) is 1.98. The van der Waals surface area contributed by atoms with Gasteiger partial charge in [-0.2, -0.15) is 0 Å². The van der Waals surface area contributed by atoms with Crippen molar-refractivity contribution < 1.29 is 4.74 Å². The van der Waals surface area contributed by atoms with Crippen LogP contribution in [0, 0.1) is 13.8 Å². The molecule has 3 N–H and O–H groups in total. The fourth-order valence-electron chi connectivity index (χ4n) is 2.23. The minimum absolute atomic E-state index is 0.223. The van der Waals surface area contributed by atoms with E-state index in [0.717, 1.165) is 25.2 Å². The SMILES string of the molecule is Cc1cc(C)c2c(c1)C(NN)CCCO2. The second-order valence-corrected chi connectivity index (χ2v) is 4.21. The van der Waals surface area contributed by atoms with Gasteiger partial charge in [0.15, 0.2) is 0 Å². The highest BCUT2D eigenvalue weighted by atomic mass is 16.5. The molecule has 3 heteroatoms. The van der Waals surface area contributed by atoms with Crippen molar-refractivity contribution in [2.24, 2.45) is 5.84 Å². The molecule has 3 nitrogen and oxygen atoms in total. The monoisotopic (exact) mass is 206 g/mol. The third-order valence-electron chi connectivity index (χ3n) is 2.91. The smallest absolute Gasteiger partial charge is 0.127 e. The van der Waals surface area contributed by atoms with E-state index in [0.29, 0.717) is 0 Å². The van der Waals surface area contributed by atoms with Crippen molar-refractivity contribution in [1.29, 1.82) is 0 Å². The first-order valence-electron chi connectivity index (χ1n) is 5.42.